The second-order valence-electron chi connectivity index (χ2n) is 5.25. The summed E-state index contributed by atoms with van der Waals surface area (Å²) >= 11 is 0. The molecule has 0 unspecified atom stereocenters. The van der Waals surface area contributed by atoms with Crippen LogP contribution < -0.4 is 4.74 Å². The smallest absolute Gasteiger partial charge is 0.344 e. The summed E-state index contributed by atoms with van der Waals surface area (Å²) < 4.78 is 37.1. The molecular formula is C19H14O5S. The van der Waals surface area contributed by atoms with Crippen LogP contribution in [0.5, 0.6) is 5.75 Å². The van der Waals surface area contributed by atoms with Crippen LogP contribution in [0.2, 0.25) is 0 Å². The van der Waals surface area contributed by atoms with E-state index in [1.54, 1.807) is 24.3 Å². The van der Waals surface area contributed by atoms with Gasteiger partial charge in [0.15, 0.2) is 0 Å². The van der Waals surface area contributed by atoms with Crippen LogP contribution in [0.1, 0.15) is 10.4 Å². The minimum atomic E-state index is -4.51. The highest BCUT2D eigenvalue weighted by atomic mass is 32.2. The van der Waals surface area contributed by atoms with E-state index in [0.29, 0.717) is 0 Å². The van der Waals surface area contributed by atoms with Crippen molar-refractivity contribution in [1.82, 2.24) is 0 Å². The van der Waals surface area contributed by atoms with Crippen LogP contribution in [0.25, 0.3) is 11.1 Å². The molecule has 0 aliphatic rings. The van der Waals surface area contributed by atoms with E-state index in [2.05, 4.69) is 0 Å². The number of esters is 1. The highest BCUT2D eigenvalue weighted by Crippen LogP contribution is 2.23. The fourth-order valence-corrected chi connectivity index (χ4v) is 3.05. The van der Waals surface area contributed by atoms with Gasteiger partial charge < -0.3 is 4.74 Å². The standard InChI is InChI=1S/C19H14O5S/c20-19(17-8-4-5-9-18(17)25(21,22)23)24-16-12-10-15(11-13-16)14-6-2-1-3-7-14/h1-13H,(H,21,22,23). The van der Waals surface area contributed by atoms with Crippen LogP contribution >= 0.6 is 0 Å². The van der Waals surface area contributed by atoms with Crippen molar-refractivity contribution in [2.24, 2.45) is 0 Å². The summed E-state index contributed by atoms with van der Waals surface area (Å²) in [6.07, 6.45) is 0. The molecule has 0 aliphatic heterocycles. The van der Waals surface area contributed by atoms with E-state index in [9.17, 15) is 17.8 Å². The topological polar surface area (TPSA) is 80.7 Å². The van der Waals surface area contributed by atoms with Crippen molar-refractivity contribution >= 4 is 16.1 Å². The molecule has 0 bridgehead atoms. The highest BCUT2D eigenvalue weighted by molar-refractivity contribution is 7.86. The van der Waals surface area contributed by atoms with Crippen LogP contribution in [-0.4, -0.2) is 18.9 Å². The first-order valence-electron chi connectivity index (χ1n) is 7.39. The average molecular weight is 354 g/mol. The maximum atomic E-state index is 12.2. The fraction of sp³-hybridized carbons (Fsp3) is 0. The Morgan fingerprint density at radius 1 is 0.760 bits per heavy atom. The van der Waals surface area contributed by atoms with Gasteiger partial charge in [-0.05, 0) is 35.4 Å². The summed E-state index contributed by atoms with van der Waals surface area (Å²) in [7, 11) is -4.51. The third-order valence-corrected chi connectivity index (χ3v) is 4.47. The van der Waals surface area contributed by atoms with Crippen molar-refractivity contribution in [3.63, 3.8) is 0 Å². The Morgan fingerprint density at radius 2 is 1.32 bits per heavy atom. The lowest BCUT2D eigenvalue weighted by Crippen LogP contribution is -2.13. The van der Waals surface area contributed by atoms with E-state index >= 15 is 0 Å². The molecule has 0 saturated carbocycles. The third-order valence-electron chi connectivity index (χ3n) is 3.56. The molecule has 0 heterocycles. The van der Waals surface area contributed by atoms with E-state index in [0.717, 1.165) is 17.2 Å². The van der Waals surface area contributed by atoms with E-state index in [1.807, 2.05) is 30.3 Å². The number of rotatable bonds is 4. The third kappa shape index (κ3) is 3.93. The molecule has 0 amide bonds. The molecule has 25 heavy (non-hydrogen) atoms. The van der Waals surface area contributed by atoms with Gasteiger partial charge in [0, 0.05) is 0 Å². The van der Waals surface area contributed by atoms with Gasteiger partial charge in [0.05, 0.1) is 5.56 Å². The average Bonchev–Trinajstić information content (AvgIpc) is 2.62. The monoisotopic (exact) mass is 354 g/mol. The van der Waals surface area contributed by atoms with E-state index < -0.39 is 21.0 Å². The minimum Gasteiger partial charge on any atom is -0.423 e. The first kappa shape index (κ1) is 16.9. The predicted octanol–water partition coefficient (Wildman–Crippen LogP) is 3.82. The van der Waals surface area contributed by atoms with Gasteiger partial charge in [-0.3, -0.25) is 4.55 Å². The second-order valence-corrected chi connectivity index (χ2v) is 6.64. The maximum absolute atomic E-state index is 12.2. The predicted molar refractivity (Wildman–Crippen MR) is 93.1 cm³/mol. The fourth-order valence-electron chi connectivity index (χ4n) is 2.37. The Morgan fingerprint density at radius 3 is 1.96 bits per heavy atom. The van der Waals surface area contributed by atoms with Gasteiger partial charge in [-0.2, -0.15) is 8.42 Å². The Bertz CT molecular complexity index is 993. The van der Waals surface area contributed by atoms with Crippen LogP contribution in [0.15, 0.2) is 83.8 Å². The molecule has 3 rings (SSSR count). The van der Waals surface area contributed by atoms with Crippen LogP contribution in [-0.2, 0) is 10.1 Å². The van der Waals surface area contributed by atoms with Gasteiger partial charge in [0.2, 0.25) is 0 Å². The highest BCUT2D eigenvalue weighted by Gasteiger charge is 2.21. The number of ether oxygens (including phenoxy) is 1. The summed E-state index contributed by atoms with van der Waals surface area (Å²) in [4.78, 5) is 11.8. The van der Waals surface area contributed by atoms with Crippen molar-refractivity contribution in [3.8, 4) is 16.9 Å². The zero-order chi connectivity index (χ0) is 17.9. The lowest BCUT2D eigenvalue weighted by Gasteiger charge is -2.08. The molecule has 0 fully saturated rings. The molecule has 126 valence electrons. The number of benzene rings is 3. The van der Waals surface area contributed by atoms with E-state index in [1.165, 1.54) is 18.2 Å². The maximum Gasteiger partial charge on any atom is 0.344 e. The van der Waals surface area contributed by atoms with Gasteiger partial charge in [-0.25, -0.2) is 4.79 Å². The largest absolute Gasteiger partial charge is 0.423 e. The molecule has 0 aliphatic carbocycles. The Balaban J connectivity index is 1.83. The molecule has 5 nitrogen and oxygen atoms in total. The quantitative estimate of drug-likeness (QED) is 0.438. The normalized spacial score (nSPS) is 11.1. The first-order valence-corrected chi connectivity index (χ1v) is 8.83. The van der Waals surface area contributed by atoms with Crippen molar-refractivity contribution in [1.29, 1.82) is 0 Å². The first-order chi connectivity index (χ1) is 11.9. The summed E-state index contributed by atoms with van der Waals surface area (Å²) in [5.74, 6) is -0.587. The summed E-state index contributed by atoms with van der Waals surface area (Å²) in [5, 5.41) is 0. The molecule has 0 atom stereocenters. The molecule has 3 aromatic carbocycles. The molecule has 0 saturated heterocycles. The molecule has 6 heteroatoms. The summed E-state index contributed by atoms with van der Waals surface area (Å²) in [6.45, 7) is 0. The van der Waals surface area contributed by atoms with Gasteiger partial charge in [-0.1, -0.05) is 54.6 Å². The summed E-state index contributed by atoms with van der Waals surface area (Å²) in [5.41, 5.74) is 1.76. The lowest BCUT2D eigenvalue weighted by molar-refractivity contribution is 0.0730. The van der Waals surface area contributed by atoms with Crippen molar-refractivity contribution in [2.75, 3.05) is 0 Å². The number of hydrogen-bond donors (Lipinski definition) is 1. The van der Waals surface area contributed by atoms with Crippen molar-refractivity contribution in [3.05, 3.63) is 84.4 Å². The van der Waals surface area contributed by atoms with Gasteiger partial charge in [-0.15, -0.1) is 0 Å². The minimum absolute atomic E-state index is 0.225. The van der Waals surface area contributed by atoms with Crippen LogP contribution in [0.4, 0.5) is 0 Å². The molecule has 3 aromatic rings. The zero-order valence-corrected chi connectivity index (χ0v) is 13.8. The zero-order valence-electron chi connectivity index (χ0n) is 13.0. The molecule has 0 spiro atoms. The second kappa shape index (κ2) is 6.88. The molecule has 0 aromatic heterocycles. The molecular weight excluding hydrogens is 340 g/mol. The summed E-state index contributed by atoms with van der Waals surface area (Å²) in [6, 6.07) is 21.9. The lowest BCUT2D eigenvalue weighted by atomic mass is 10.1. The van der Waals surface area contributed by atoms with Crippen molar-refractivity contribution < 1.29 is 22.5 Å². The Kier molecular flexibility index (Phi) is 4.65. The van der Waals surface area contributed by atoms with Crippen LogP contribution in [0.3, 0.4) is 0 Å². The SMILES string of the molecule is O=C(Oc1ccc(-c2ccccc2)cc1)c1ccccc1S(=O)(=O)O. The Hall–Kier alpha value is -2.96. The number of carbonyl (C=O) groups is 1. The van der Waals surface area contributed by atoms with Crippen molar-refractivity contribution in [2.45, 2.75) is 4.90 Å². The van der Waals surface area contributed by atoms with Gasteiger partial charge in [0.1, 0.15) is 10.6 Å². The number of carbonyl (C=O) groups excluding carboxylic acids is 1. The van der Waals surface area contributed by atoms with E-state index in [4.69, 9.17) is 4.74 Å². The molecule has 1 N–H and O–H groups in total. The molecule has 0 radical (unpaired) electrons. The van der Waals surface area contributed by atoms with Gasteiger partial charge in [0.25, 0.3) is 10.1 Å². The van der Waals surface area contributed by atoms with Gasteiger partial charge >= 0.3 is 5.97 Å². The number of hydrogen-bond acceptors (Lipinski definition) is 4. The van der Waals surface area contributed by atoms with E-state index in [-0.39, 0.29) is 11.3 Å². The Labute approximate surface area is 145 Å². The van der Waals surface area contributed by atoms with Crippen LogP contribution in [0, 0.1) is 0 Å².